The Morgan fingerprint density at radius 1 is 1.44 bits per heavy atom. The van der Waals surface area contributed by atoms with E-state index < -0.39 is 36.8 Å². The van der Waals surface area contributed by atoms with E-state index in [4.69, 9.17) is 0 Å². The van der Waals surface area contributed by atoms with Crippen molar-refractivity contribution in [1.82, 2.24) is 5.32 Å². The molecule has 0 aromatic heterocycles. The molecule has 0 saturated carbocycles. The minimum atomic E-state index is -4.50. The molecule has 1 rings (SSSR count). The molecule has 0 aliphatic carbocycles. The number of hydrogen-bond acceptors (Lipinski definition) is 4. The minimum Gasteiger partial charge on any atom is -0.468 e. The van der Waals surface area contributed by atoms with Crippen LogP contribution < -0.4 is 5.32 Å². The van der Waals surface area contributed by atoms with Crippen molar-refractivity contribution >= 4 is 18.4 Å². The summed E-state index contributed by atoms with van der Waals surface area (Å²) in [5, 5.41) is 2.44. The largest absolute Gasteiger partial charge is 0.468 e. The number of ether oxygens (including phenoxy) is 2. The highest BCUT2D eigenvalue weighted by atomic mass is 35.5. The second kappa shape index (κ2) is 5.20. The van der Waals surface area contributed by atoms with Gasteiger partial charge in [-0.1, -0.05) is 0 Å². The SMILES string of the molecule is COC(=O)[C@@H]1CC(OC)(C(F)(F)F)CN1.Cl. The zero-order valence-electron chi connectivity index (χ0n) is 8.76. The van der Waals surface area contributed by atoms with E-state index >= 15 is 0 Å². The van der Waals surface area contributed by atoms with Crippen LogP contribution in [-0.4, -0.2) is 44.6 Å². The third-order valence-corrected chi connectivity index (χ3v) is 2.56. The van der Waals surface area contributed by atoms with Gasteiger partial charge in [0.25, 0.3) is 0 Å². The van der Waals surface area contributed by atoms with E-state index in [1.54, 1.807) is 0 Å². The fraction of sp³-hybridized carbons (Fsp3) is 0.875. The Kier molecular flexibility index (Phi) is 5.03. The third kappa shape index (κ3) is 2.58. The predicted molar refractivity (Wildman–Crippen MR) is 51.5 cm³/mol. The van der Waals surface area contributed by atoms with E-state index in [1.807, 2.05) is 0 Å². The first-order valence-corrected chi connectivity index (χ1v) is 4.29. The molecule has 0 spiro atoms. The van der Waals surface area contributed by atoms with Crippen molar-refractivity contribution < 1.29 is 27.4 Å². The van der Waals surface area contributed by atoms with Crippen LogP contribution >= 0.6 is 12.4 Å². The van der Waals surface area contributed by atoms with Crippen LogP contribution in [0.2, 0.25) is 0 Å². The maximum atomic E-state index is 12.6. The lowest BCUT2D eigenvalue weighted by molar-refractivity contribution is -0.262. The molecule has 1 heterocycles. The standard InChI is InChI=1S/C8H12F3NO3.ClH/c1-14-6(13)5-3-7(15-2,4-12-5)8(9,10)11;/h5,12H,3-4H2,1-2H3;1H/t5-,7?;/m0./s1. The van der Waals surface area contributed by atoms with E-state index in [2.05, 4.69) is 14.8 Å². The van der Waals surface area contributed by atoms with Crippen LogP contribution in [0.4, 0.5) is 13.2 Å². The van der Waals surface area contributed by atoms with Gasteiger partial charge in [0.1, 0.15) is 6.04 Å². The summed E-state index contributed by atoms with van der Waals surface area (Å²) in [6.45, 7) is -0.438. The summed E-state index contributed by atoms with van der Waals surface area (Å²) >= 11 is 0. The number of alkyl halides is 3. The van der Waals surface area contributed by atoms with Gasteiger partial charge in [0.15, 0.2) is 5.60 Å². The third-order valence-electron chi connectivity index (χ3n) is 2.56. The summed E-state index contributed by atoms with van der Waals surface area (Å²) < 4.78 is 46.8. The average Bonchev–Trinajstić information content (AvgIpc) is 2.61. The molecule has 0 amide bonds. The zero-order chi connectivity index (χ0) is 11.7. The second-order valence-corrected chi connectivity index (χ2v) is 3.36. The molecule has 4 nitrogen and oxygen atoms in total. The first kappa shape index (κ1) is 15.5. The molecule has 1 fully saturated rings. The molecule has 2 atom stereocenters. The lowest BCUT2D eigenvalue weighted by Gasteiger charge is -2.29. The molecule has 1 saturated heterocycles. The lowest BCUT2D eigenvalue weighted by atomic mass is 9.99. The van der Waals surface area contributed by atoms with Crippen LogP contribution in [-0.2, 0) is 14.3 Å². The fourth-order valence-corrected chi connectivity index (χ4v) is 1.56. The number of esters is 1. The highest BCUT2D eigenvalue weighted by Gasteiger charge is 2.60. The Hall–Kier alpha value is -0.530. The molecule has 8 heteroatoms. The normalized spacial score (nSPS) is 29.7. The first-order valence-electron chi connectivity index (χ1n) is 4.29. The first-order chi connectivity index (χ1) is 6.86. The average molecular weight is 264 g/mol. The molecule has 0 aromatic rings. The lowest BCUT2D eigenvalue weighted by Crippen LogP contribution is -2.48. The zero-order valence-corrected chi connectivity index (χ0v) is 9.57. The van der Waals surface area contributed by atoms with E-state index in [0.717, 1.165) is 14.2 Å². The predicted octanol–water partition coefficient (Wildman–Crippen LogP) is 0.891. The van der Waals surface area contributed by atoms with Crippen LogP contribution in [0.1, 0.15) is 6.42 Å². The smallest absolute Gasteiger partial charge is 0.418 e. The van der Waals surface area contributed by atoms with Crippen LogP contribution in [0, 0.1) is 0 Å². The van der Waals surface area contributed by atoms with Crippen molar-refractivity contribution in [3.05, 3.63) is 0 Å². The van der Waals surface area contributed by atoms with Crippen molar-refractivity contribution in [3.63, 3.8) is 0 Å². The number of hydrogen-bond donors (Lipinski definition) is 1. The Labute approximate surface area is 96.9 Å². The van der Waals surface area contributed by atoms with Gasteiger partial charge in [-0.15, -0.1) is 12.4 Å². The van der Waals surface area contributed by atoms with Crippen LogP contribution in [0.3, 0.4) is 0 Å². The molecule has 1 aliphatic rings. The molecule has 16 heavy (non-hydrogen) atoms. The van der Waals surface area contributed by atoms with Gasteiger partial charge in [-0.05, 0) is 0 Å². The maximum Gasteiger partial charge on any atom is 0.418 e. The topological polar surface area (TPSA) is 47.6 Å². The second-order valence-electron chi connectivity index (χ2n) is 3.36. The Bertz CT molecular complexity index is 261. The molecule has 1 aliphatic heterocycles. The fourth-order valence-electron chi connectivity index (χ4n) is 1.56. The highest BCUT2D eigenvalue weighted by molar-refractivity contribution is 5.85. The number of methoxy groups -OCH3 is 2. The Morgan fingerprint density at radius 3 is 2.31 bits per heavy atom. The van der Waals surface area contributed by atoms with E-state index in [1.165, 1.54) is 0 Å². The van der Waals surface area contributed by atoms with Gasteiger partial charge in [-0.25, -0.2) is 0 Å². The van der Waals surface area contributed by atoms with Crippen molar-refractivity contribution in [2.75, 3.05) is 20.8 Å². The molecule has 0 radical (unpaired) electrons. The molecule has 1 unspecified atom stereocenters. The van der Waals surface area contributed by atoms with E-state index in [9.17, 15) is 18.0 Å². The maximum absolute atomic E-state index is 12.6. The van der Waals surface area contributed by atoms with Gasteiger partial charge < -0.3 is 14.8 Å². The number of carbonyl (C=O) groups is 1. The minimum absolute atomic E-state index is 0. The molecule has 0 aromatic carbocycles. The van der Waals surface area contributed by atoms with E-state index in [0.29, 0.717) is 0 Å². The molecule has 96 valence electrons. The summed E-state index contributed by atoms with van der Waals surface area (Å²) in [6, 6.07) is -0.962. The van der Waals surface area contributed by atoms with Gasteiger partial charge in [0, 0.05) is 20.1 Å². The molecular formula is C8H13ClF3NO3. The van der Waals surface area contributed by atoms with Crippen LogP contribution in [0.5, 0.6) is 0 Å². The summed E-state index contributed by atoms with van der Waals surface area (Å²) in [7, 11) is 2.11. The van der Waals surface area contributed by atoms with Crippen LogP contribution in [0.15, 0.2) is 0 Å². The van der Waals surface area contributed by atoms with Gasteiger partial charge >= 0.3 is 12.1 Å². The van der Waals surface area contributed by atoms with E-state index in [-0.39, 0.29) is 12.4 Å². The monoisotopic (exact) mass is 263 g/mol. The Morgan fingerprint density at radius 2 is 2.00 bits per heavy atom. The van der Waals surface area contributed by atoms with Gasteiger partial charge in [-0.3, -0.25) is 4.79 Å². The van der Waals surface area contributed by atoms with Gasteiger partial charge in [0.2, 0.25) is 0 Å². The molecule has 1 N–H and O–H groups in total. The quantitative estimate of drug-likeness (QED) is 0.752. The van der Waals surface area contributed by atoms with Gasteiger partial charge in [0.05, 0.1) is 7.11 Å². The highest BCUT2D eigenvalue weighted by Crippen LogP contribution is 2.39. The number of nitrogens with one attached hydrogen (secondary N) is 1. The molecular weight excluding hydrogens is 251 g/mol. The number of halogens is 4. The van der Waals surface area contributed by atoms with Crippen molar-refractivity contribution in [3.8, 4) is 0 Å². The molecule has 0 bridgehead atoms. The summed E-state index contributed by atoms with van der Waals surface area (Å²) in [4.78, 5) is 11.0. The Balaban J connectivity index is 0.00000225. The van der Waals surface area contributed by atoms with Crippen molar-refractivity contribution in [2.24, 2.45) is 0 Å². The van der Waals surface area contributed by atoms with Crippen molar-refractivity contribution in [1.29, 1.82) is 0 Å². The summed E-state index contributed by atoms with van der Waals surface area (Å²) in [5.41, 5.74) is -2.29. The summed E-state index contributed by atoms with van der Waals surface area (Å²) in [5.74, 6) is -0.710. The number of rotatable bonds is 2. The number of carbonyl (C=O) groups excluding carboxylic acids is 1. The van der Waals surface area contributed by atoms with Crippen molar-refractivity contribution in [2.45, 2.75) is 24.2 Å². The van der Waals surface area contributed by atoms with Gasteiger partial charge in [-0.2, -0.15) is 13.2 Å². The summed E-state index contributed by atoms with van der Waals surface area (Å²) in [6.07, 6.45) is -4.96. The van der Waals surface area contributed by atoms with Crippen LogP contribution in [0.25, 0.3) is 0 Å².